The number of rotatable bonds is 9. The van der Waals surface area contributed by atoms with Crippen LogP contribution in [-0.2, 0) is 10.0 Å². The Morgan fingerprint density at radius 3 is 2.52 bits per heavy atom. The van der Waals surface area contributed by atoms with Crippen LogP contribution in [0.4, 0.5) is 0 Å². The first-order valence-corrected chi connectivity index (χ1v) is 8.81. The van der Waals surface area contributed by atoms with E-state index in [1.807, 2.05) is 13.8 Å². The van der Waals surface area contributed by atoms with Gasteiger partial charge in [-0.25, -0.2) is 13.1 Å². The van der Waals surface area contributed by atoms with Crippen molar-refractivity contribution in [1.82, 2.24) is 10.0 Å². The zero-order chi connectivity index (χ0) is 15.9. The molecule has 0 unspecified atom stereocenters. The molecule has 0 atom stereocenters. The summed E-state index contributed by atoms with van der Waals surface area (Å²) in [7, 11) is -3.45. The molecule has 0 heterocycles. The van der Waals surface area contributed by atoms with Crippen LogP contribution in [0.5, 0.6) is 5.75 Å². The molecular formula is C15H26N2O3S. The van der Waals surface area contributed by atoms with Crippen LogP contribution >= 0.6 is 0 Å². The van der Waals surface area contributed by atoms with Crippen molar-refractivity contribution in [3.8, 4) is 5.75 Å². The molecule has 0 amide bonds. The largest absolute Gasteiger partial charge is 0.494 e. The number of ether oxygens (including phenoxy) is 1. The lowest BCUT2D eigenvalue weighted by Crippen LogP contribution is -2.29. The van der Waals surface area contributed by atoms with Gasteiger partial charge in [0.15, 0.2) is 0 Å². The summed E-state index contributed by atoms with van der Waals surface area (Å²) in [5, 5.41) is 3.25. The van der Waals surface area contributed by atoms with Crippen LogP contribution in [0.25, 0.3) is 0 Å². The highest BCUT2D eigenvalue weighted by Gasteiger charge is 2.14. The van der Waals surface area contributed by atoms with Gasteiger partial charge in [-0.15, -0.1) is 0 Å². The fourth-order valence-corrected chi connectivity index (χ4v) is 3.03. The van der Waals surface area contributed by atoms with E-state index in [2.05, 4.69) is 23.9 Å². The van der Waals surface area contributed by atoms with Crippen molar-refractivity contribution < 1.29 is 13.2 Å². The van der Waals surface area contributed by atoms with Gasteiger partial charge in [0, 0.05) is 12.6 Å². The lowest BCUT2D eigenvalue weighted by molar-refractivity contribution is 0.337. The molecule has 1 aromatic carbocycles. The van der Waals surface area contributed by atoms with E-state index in [0.29, 0.717) is 19.2 Å². The van der Waals surface area contributed by atoms with E-state index < -0.39 is 10.0 Å². The number of hydrogen-bond acceptors (Lipinski definition) is 4. The maximum atomic E-state index is 12.2. The highest BCUT2D eigenvalue weighted by atomic mass is 32.2. The van der Waals surface area contributed by atoms with Crippen LogP contribution in [0, 0.1) is 6.92 Å². The molecule has 0 bridgehead atoms. The van der Waals surface area contributed by atoms with Gasteiger partial charge >= 0.3 is 0 Å². The Hall–Kier alpha value is -1.11. The normalized spacial score (nSPS) is 11.9. The van der Waals surface area contributed by atoms with E-state index in [-0.39, 0.29) is 4.90 Å². The van der Waals surface area contributed by atoms with Gasteiger partial charge in [-0.1, -0.05) is 13.8 Å². The Bertz CT molecular complexity index is 542. The first kappa shape index (κ1) is 17.9. The predicted octanol–water partition coefficient (Wildman–Crippen LogP) is 2.06. The molecule has 1 aromatic rings. The van der Waals surface area contributed by atoms with Crippen molar-refractivity contribution in [2.45, 2.75) is 45.1 Å². The topological polar surface area (TPSA) is 67.4 Å². The molecule has 0 radical (unpaired) electrons. The van der Waals surface area contributed by atoms with Gasteiger partial charge in [-0.05, 0) is 50.6 Å². The van der Waals surface area contributed by atoms with E-state index in [9.17, 15) is 8.42 Å². The molecular weight excluding hydrogens is 288 g/mol. The summed E-state index contributed by atoms with van der Waals surface area (Å²) in [5.41, 5.74) is 0.821. The molecule has 0 saturated carbocycles. The van der Waals surface area contributed by atoms with Crippen LogP contribution in [0.15, 0.2) is 23.1 Å². The van der Waals surface area contributed by atoms with Crippen molar-refractivity contribution in [3.05, 3.63) is 23.8 Å². The van der Waals surface area contributed by atoms with Gasteiger partial charge in [-0.3, -0.25) is 0 Å². The van der Waals surface area contributed by atoms with Gasteiger partial charge in [0.05, 0.1) is 11.5 Å². The van der Waals surface area contributed by atoms with Gasteiger partial charge in [0.1, 0.15) is 5.75 Å². The van der Waals surface area contributed by atoms with E-state index >= 15 is 0 Å². The lowest BCUT2D eigenvalue weighted by atomic mass is 10.2. The summed E-state index contributed by atoms with van der Waals surface area (Å²) in [4.78, 5) is 0.278. The zero-order valence-electron chi connectivity index (χ0n) is 13.3. The van der Waals surface area contributed by atoms with Gasteiger partial charge in [0.25, 0.3) is 0 Å². The SMILES string of the molecule is CCOc1ccc(S(=O)(=O)NCCCNC(C)C)cc1C. The van der Waals surface area contributed by atoms with E-state index in [4.69, 9.17) is 4.74 Å². The molecule has 6 heteroatoms. The molecule has 0 aliphatic carbocycles. The van der Waals surface area contributed by atoms with E-state index in [1.165, 1.54) is 0 Å². The number of sulfonamides is 1. The average molecular weight is 314 g/mol. The first-order valence-electron chi connectivity index (χ1n) is 7.33. The molecule has 21 heavy (non-hydrogen) atoms. The van der Waals surface area contributed by atoms with Crippen LogP contribution < -0.4 is 14.8 Å². The summed E-state index contributed by atoms with van der Waals surface area (Å²) in [6.45, 7) is 9.65. The van der Waals surface area contributed by atoms with Crippen LogP contribution in [-0.4, -0.2) is 34.2 Å². The monoisotopic (exact) mass is 314 g/mol. The predicted molar refractivity (Wildman–Crippen MR) is 85.3 cm³/mol. The Morgan fingerprint density at radius 2 is 1.95 bits per heavy atom. The standard InChI is InChI=1S/C15H26N2O3S/c1-5-20-15-8-7-14(11-13(15)4)21(18,19)17-10-6-9-16-12(2)3/h7-8,11-12,16-17H,5-6,9-10H2,1-4H3. The highest BCUT2D eigenvalue weighted by Crippen LogP contribution is 2.21. The molecule has 1 rings (SSSR count). The third kappa shape index (κ3) is 6.03. The zero-order valence-corrected chi connectivity index (χ0v) is 14.1. The molecule has 0 spiro atoms. The minimum absolute atomic E-state index is 0.278. The minimum Gasteiger partial charge on any atom is -0.494 e. The van der Waals surface area contributed by atoms with Crippen molar-refractivity contribution in [2.24, 2.45) is 0 Å². The van der Waals surface area contributed by atoms with E-state index in [0.717, 1.165) is 24.3 Å². The summed E-state index contributed by atoms with van der Waals surface area (Å²) < 4.78 is 32.4. The molecule has 0 saturated heterocycles. The fraction of sp³-hybridized carbons (Fsp3) is 0.600. The third-order valence-electron chi connectivity index (χ3n) is 2.95. The summed E-state index contributed by atoms with van der Waals surface area (Å²) in [6.07, 6.45) is 0.757. The second kappa shape index (κ2) is 8.36. The minimum atomic E-state index is -3.45. The summed E-state index contributed by atoms with van der Waals surface area (Å²) in [6, 6.07) is 5.33. The Morgan fingerprint density at radius 1 is 1.24 bits per heavy atom. The van der Waals surface area contributed by atoms with Crippen molar-refractivity contribution in [2.75, 3.05) is 19.7 Å². The number of aryl methyl sites for hydroxylation is 1. The van der Waals surface area contributed by atoms with Crippen LogP contribution in [0.3, 0.4) is 0 Å². The second-order valence-corrected chi connectivity index (χ2v) is 6.99. The van der Waals surface area contributed by atoms with Crippen LogP contribution in [0.2, 0.25) is 0 Å². The quantitative estimate of drug-likeness (QED) is 0.685. The molecule has 0 aliphatic rings. The van der Waals surface area contributed by atoms with Gasteiger partial charge in [-0.2, -0.15) is 0 Å². The molecule has 5 nitrogen and oxygen atoms in total. The molecule has 0 fully saturated rings. The number of benzene rings is 1. The maximum absolute atomic E-state index is 12.2. The fourth-order valence-electron chi connectivity index (χ4n) is 1.88. The van der Waals surface area contributed by atoms with Crippen molar-refractivity contribution in [3.63, 3.8) is 0 Å². The average Bonchev–Trinajstić information content (AvgIpc) is 2.40. The Balaban J connectivity index is 2.60. The molecule has 120 valence electrons. The highest BCUT2D eigenvalue weighted by molar-refractivity contribution is 7.89. The van der Waals surface area contributed by atoms with Crippen molar-refractivity contribution in [1.29, 1.82) is 0 Å². The van der Waals surface area contributed by atoms with Gasteiger partial charge in [0.2, 0.25) is 10.0 Å². The number of nitrogens with one attached hydrogen (secondary N) is 2. The lowest BCUT2D eigenvalue weighted by Gasteiger charge is -2.11. The Kier molecular flexibility index (Phi) is 7.14. The van der Waals surface area contributed by atoms with Crippen LogP contribution in [0.1, 0.15) is 32.8 Å². The Labute approximate surface area is 128 Å². The van der Waals surface area contributed by atoms with Crippen molar-refractivity contribution >= 4 is 10.0 Å². The van der Waals surface area contributed by atoms with E-state index in [1.54, 1.807) is 18.2 Å². The molecule has 0 aromatic heterocycles. The maximum Gasteiger partial charge on any atom is 0.240 e. The second-order valence-electron chi connectivity index (χ2n) is 5.22. The first-order chi connectivity index (χ1) is 9.86. The van der Waals surface area contributed by atoms with Gasteiger partial charge < -0.3 is 10.1 Å². The number of hydrogen-bond donors (Lipinski definition) is 2. The summed E-state index contributed by atoms with van der Waals surface area (Å²) in [5.74, 6) is 0.720. The third-order valence-corrected chi connectivity index (χ3v) is 4.41. The smallest absolute Gasteiger partial charge is 0.240 e. The summed E-state index contributed by atoms with van der Waals surface area (Å²) >= 11 is 0. The molecule has 2 N–H and O–H groups in total. The molecule has 0 aliphatic heterocycles.